The molecule has 4 heteroatoms. The predicted molar refractivity (Wildman–Crippen MR) is 96.0 cm³/mol. The molecule has 1 radical (unpaired) electrons. The van der Waals surface area contributed by atoms with Crippen LogP contribution in [0.15, 0.2) is 42.5 Å². The van der Waals surface area contributed by atoms with E-state index in [9.17, 15) is 0 Å². The van der Waals surface area contributed by atoms with Gasteiger partial charge in [-0.2, -0.15) is 0 Å². The first-order chi connectivity index (χ1) is 9.74. The van der Waals surface area contributed by atoms with Gasteiger partial charge in [0, 0.05) is 5.54 Å². The lowest BCUT2D eigenvalue weighted by Gasteiger charge is -2.06. The van der Waals surface area contributed by atoms with E-state index in [4.69, 9.17) is 0 Å². The molecule has 0 bridgehead atoms. The van der Waals surface area contributed by atoms with Crippen molar-refractivity contribution in [2.45, 2.75) is 13.8 Å². The quantitative estimate of drug-likeness (QED) is 0.694. The van der Waals surface area contributed by atoms with Crippen molar-refractivity contribution in [2.75, 3.05) is 21.1 Å². The first-order valence-corrected chi connectivity index (χ1v) is 8.16. The smallest absolute Gasteiger partial charge is 0.0713 e. The van der Waals surface area contributed by atoms with E-state index in [1.165, 1.54) is 37.8 Å². The van der Waals surface area contributed by atoms with Crippen LogP contribution < -0.4 is 22.4 Å². The van der Waals surface area contributed by atoms with Crippen molar-refractivity contribution in [3.05, 3.63) is 59.2 Å². The summed E-state index contributed by atoms with van der Waals surface area (Å²) >= 11 is 0. The molecule has 0 spiro atoms. The molecule has 0 amide bonds. The van der Waals surface area contributed by atoms with Gasteiger partial charge in [0.15, 0.2) is 0 Å². The van der Waals surface area contributed by atoms with Crippen molar-refractivity contribution in [2.24, 2.45) is 17.2 Å². The minimum absolute atomic E-state index is 0.235. The average molecular weight is 293 g/mol. The van der Waals surface area contributed by atoms with Crippen LogP contribution in [-0.2, 0) is 0 Å². The highest BCUT2D eigenvalue weighted by molar-refractivity contribution is 6.61. The molecule has 0 unspecified atom stereocenters. The second kappa shape index (κ2) is 14.2. The van der Waals surface area contributed by atoms with Crippen molar-refractivity contribution in [3.63, 3.8) is 0 Å². The first-order valence-electron chi connectivity index (χ1n) is 6.75. The monoisotopic (exact) mass is 292 g/mol. The molecule has 1 aliphatic carbocycles. The van der Waals surface area contributed by atoms with E-state index in [1.807, 2.05) is 0 Å². The molecule has 113 valence electrons. The maximum atomic E-state index is 4.50. The number of nitrogens with two attached hydrogens (primary N) is 3. The lowest BCUT2D eigenvalue weighted by atomic mass is 10.2. The minimum Gasteiger partial charge on any atom is -0.333 e. The van der Waals surface area contributed by atoms with Crippen molar-refractivity contribution in [1.29, 1.82) is 0 Å². The predicted octanol–water partition coefficient (Wildman–Crippen LogP) is 0.480. The molecule has 1 aromatic rings. The summed E-state index contributed by atoms with van der Waals surface area (Å²) in [5, 5.41) is 1.55. The number of hydrogen-bond acceptors (Lipinski definition) is 3. The molecule has 0 heterocycles. The molecule has 3 nitrogen and oxygen atoms in total. The van der Waals surface area contributed by atoms with E-state index in [2.05, 4.69) is 73.6 Å². The SMILES string of the molecule is CN.CN.CN.Cc1cc(C)cc([SiH2][C]2C=CC=C2)c1. The number of rotatable bonds is 2. The largest absolute Gasteiger partial charge is 0.333 e. The molecular formula is C16H30N3Si. The Morgan fingerprint density at radius 2 is 1.10 bits per heavy atom. The summed E-state index contributed by atoms with van der Waals surface area (Å²) in [5.41, 5.74) is 17.8. The number of benzene rings is 1. The maximum absolute atomic E-state index is 4.50. The lowest BCUT2D eigenvalue weighted by molar-refractivity contribution is 1.40. The number of hydrogen-bond donors (Lipinski definition) is 3. The van der Waals surface area contributed by atoms with Gasteiger partial charge in [-0.15, -0.1) is 0 Å². The third kappa shape index (κ3) is 8.82. The van der Waals surface area contributed by atoms with Crippen LogP contribution in [0.25, 0.3) is 0 Å². The summed E-state index contributed by atoms with van der Waals surface area (Å²) in [6.45, 7) is 4.35. The molecule has 1 aliphatic rings. The Kier molecular flexibility index (Phi) is 15.0. The summed E-state index contributed by atoms with van der Waals surface area (Å²) in [6.07, 6.45) is 8.74. The summed E-state index contributed by atoms with van der Waals surface area (Å²) < 4.78 is 0. The Hall–Kier alpha value is -1.20. The standard InChI is InChI=1S/C13H15Si.3CH5N/c1-10-7-11(2)9-13(8-10)14-12-5-3-4-6-12;3*1-2/h3-9H,14H2,1-2H3;3*2H2,1H3. The molecule has 0 saturated heterocycles. The molecule has 1 aromatic carbocycles. The Bertz CT molecular complexity index is 368. The molecule has 0 saturated carbocycles. The van der Waals surface area contributed by atoms with Crippen molar-refractivity contribution in [3.8, 4) is 0 Å². The highest BCUT2D eigenvalue weighted by atomic mass is 28.2. The van der Waals surface area contributed by atoms with Crippen LogP contribution in [0.4, 0.5) is 0 Å². The minimum atomic E-state index is -0.235. The van der Waals surface area contributed by atoms with Gasteiger partial charge in [-0.25, -0.2) is 0 Å². The Morgan fingerprint density at radius 3 is 1.50 bits per heavy atom. The van der Waals surface area contributed by atoms with Gasteiger partial charge in [-0.05, 0) is 35.0 Å². The van der Waals surface area contributed by atoms with Gasteiger partial charge in [-0.3, -0.25) is 0 Å². The Morgan fingerprint density at radius 1 is 0.700 bits per heavy atom. The van der Waals surface area contributed by atoms with Crippen LogP contribution >= 0.6 is 0 Å². The summed E-state index contributed by atoms with van der Waals surface area (Å²) in [7, 11) is 4.27. The Balaban J connectivity index is 0. The maximum Gasteiger partial charge on any atom is 0.0713 e. The Labute approximate surface area is 126 Å². The molecule has 2 rings (SSSR count). The molecular weight excluding hydrogens is 262 g/mol. The van der Waals surface area contributed by atoms with E-state index >= 15 is 0 Å². The molecule has 0 aliphatic heterocycles. The zero-order valence-electron chi connectivity index (χ0n) is 13.5. The highest BCUT2D eigenvalue weighted by Gasteiger charge is 2.07. The van der Waals surface area contributed by atoms with Crippen LogP contribution in [0.1, 0.15) is 11.1 Å². The second-order valence-corrected chi connectivity index (χ2v) is 5.95. The van der Waals surface area contributed by atoms with Gasteiger partial charge in [0.25, 0.3) is 0 Å². The number of allylic oxidation sites excluding steroid dienone is 4. The zero-order valence-corrected chi connectivity index (χ0v) is 14.9. The molecule has 0 fully saturated rings. The van der Waals surface area contributed by atoms with Gasteiger partial charge in [-0.1, -0.05) is 58.8 Å². The number of aryl methyl sites for hydroxylation is 2. The summed E-state index contributed by atoms with van der Waals surface area (Å²) in [4.78, 5) is 0. The second-order valence-electron chi connectivity index (χ2n) is 3.97. The zero-order chi connectivity index (χ0) is 16.0. The van der Waals surface area contributed by atoms with Gasteiger partial charge >= 0.3 is 0 Å². The van der Waals surface area contributed by atoms with Crippen molar-refractivity contribution < 1.29 is 0 Å². The average Bonchev–Trinajstić information content (AvgIpc) is 2.97. The van der Waals surface area contributed by atoms with E-state index in [-0.39, 0.29) is 9.52 Å². The highest BCUT2D eigenvalue weighted by Crippen LogP contribution is 2.10. The molecule has 0 aromatic heterocycles. The topological polar surface area (TPSA) is 78.1 Å². The van der Waals surface area contributed by atoms with Crippen LogP contribution in [0.2, 0.25) is 0 Å². The van der Waals surface area contributed by atoms with Crippen LogP contribution in [0.3, 0.4) is 0 Å². The lowest BCUT2D eigenvalue weighted by Crippen LogP contribution is -2.19. The summed E-state index contributed by atoms with van der Waals surface area (Å²) in [6, 6.07) is 6.89. The van der Waals surface area contributed by atoms with Gasteiger partial charge in [0.05, 0.1) is 9.52 Å². The normalized spacial score (nSPS) is 12.2. The first kappa shape index (κ1) is 21.1. The van der Waals surface area contributed by atoms with E-state index < -0.39 is 0 Å². The van der Waals surface area contributed by atoms with Crippen LogP contribution in [0.5, 0.6) is 0 Å². The van der Waals surface area contributed by atoms with Crippen LogP contribution in [0, 0.1) is 19.4 Å². The summed E-state index contributed by atoms with van der Waals surface area (Å²) in [5.74, 6) is 0. The fourth-order valence-electron chi connectivity index (χ4n) is 1.94. The molecule has 6 N–H and O–H groups in total. The van der Waals surface area contributed by atoms with Crippen molar-refractivity contribution >= 4 is 14.7 Å². The fourth-order valence-corrected chi connectivity index (χ4v) is 3.77. The fraction of sp³-hybridized carbons (Fsp3) is 0.312. The van der Waals surface area contributed by atoms with Gasteiger partial charge < -0.3 is 17.2 Å². The third-order valence-corrected chi connectivity index (χ3v) is 4.12. The van der Waals surface area contributed by atoms with Gasteiger partial charge in [0.1, 0.15) is 0 Å². The van der Waals surface area contributed by atoms with E-state index in [0.717, 1.165) is 0 Å². The van der Waals surface area contributed by atoms with Crippen LogP contribution in [-0.4, -0.2) is 30.7 Å². The van der Waals surface area contributed by atoms with E-state index in [0.29, 0.717) is 0 Å². The van der Waals surface area contributed by atoms with Gasteiger partial charge in [0.2, 0.25) is 0 Å². The molecule has 0 atom stereocenters. The third-order valence-electron chi connectivity index (χ3n) is 2.42. The molecule has 20 heavy (non-hydrogen) atoms. The van der Waals surface area contributed by atoms with Crippen molar-refractivity contribution in [1.82, 2.24) is 0 Å². The van der Waals surface area contributed by atoms with E-state index in [1.54, 1.807) is 5.19 Å².